The highest BCUT2D eigenvalue weighted by Crippen LogP contribution is 2.28. The van der Waals surface area contributed by atoms with Gasteiger partial charge in [-0.1, -0.05) is 41.4 Å². The second-order valence-electron chi connectivity index (χ2n) is 6.06. The lowest BCUT2D eigenvalue weighted by Crippen LogP contribution is -2.43. The van der Waals surface area contributed by atoms with Crippen LogP contribution in [0, 0.1) is 6.92 Å². The number of nitrogens with zero attached hydrogens (tertiary/aromatic N) is 1. The lowest BCUT2D eigenvalue weighted by atomic mass is 10.2. The summed E-state index contributed by atoms with van der Waals surface area (Å²) < 4.78 is 27.1. The first-order valence-corrected chi connectivity index (χ1v) is 9.85. The molecule has 0 radical (unpaired) electrons. The average molecular weight is 379 g/mol. The lowest BCUT2D eigenvalue weighted by molar-refractivity contribution is -0.119. The van der Waals surface area contributed by atoms with E-state index in [4.69, 9.17) is 11.6 Å². The van der Waals surface area contributed by atoms with Crippen LogP contribution in [-0.4, -0.2) is 31.2 Å². The summed E-state index contributed by atoms with van der Waals surface area (Å²) in [6.07, 6.45) is 1.13. The highest BCUT2D eigenvalue weighted by atomic mass is 35.5. The molecule has 0 spiro atoms. The molecule has 0 bridgehead atoms. The fourth-order valence-corrected chi connectivity index (χ4v) is 4.75. The third-order valence-electron chi connectivity index (χ3n) is 4.27. The molecule has 0 aromatic heterocycles. The molecule has 1 aliphatic heterocycles. The van der Waals surface area contributed by atoms with Crippen molar-refractivity contribution < 1.29 is 13.2 Å². The van der Waals surface area contributed by atoms with Crippen LogP contribution in [0.25, 0.3) is 0 Å². The minimum Gasteiger partial charge on any atom is -0.323 e. The highest BCUT2D eigenvalue weighted by molar-refractivity contribution is 7.89. The maximum absolute atomic E-state index is 12.9. The molecule has 0 unspecified atom stereocenters. The van der Waals surface area contributed by atoms with E-state index in [2.05, 4.69) is 5.32 Å². The first-order chi connectivity index (χ1) is 11.9. The van der Waals surface area contributed by atoms with Gasteiger partial charge in [0.15, 0.2) is 0 Å². The predicted octanol–water partition coefficient (Wildman–Crippen LogP) is 3.44. The Morgan fingerprint density at radius 3 is 2.52 bits per heavy atom. The van der Waals surface area contributed by atoms with Crippen molar-refractivity contribution in [2.75, 3.05) is 11.9 Å². The first kappa shape index (κ1) is 17.9. The highest BCUT2D eigenvalue weighted by Gasteiger charge is 2.39. The van der Waals surface area contributed by atoms with E-state index in [9.17, 15) is 13.2 Å². The standard InChI is InChI=1S/C18H19ClN2O3S/c1-13-8-10-14(11-9-13)25(23,24)21-12-4-7-17(21)18(22)20-16-6-3-2-5-15(16)19/h2-3,5-6,8-11,17H,4,7,12H2,1H3,(H,20,22)/t17-/m1/s1. The second-order valence-corrected chi connectivity index (χ2v) is 8.35. The van der Waals surface area contributed by atoms with Crippen LogP contribution in [0.1, 0.15) is 18.4 Å². The quantitative estimate of drug-likeness (QED) is 0.886. The summed E-state index contributed by atoms with van der Waals surface area (Å²) in [7, 11) is -3.71. The largest absolute Gasteiger partial charge is 0.323 e. The van der Waals surface area contributed by atoms with Crippen molar-refractivity contribution in [2.45, 2.75) is 30.7 Å². The van der Waals surface area contributed by atoms with Gasteiger partial charge in [0.25, 0.3) is 0 Å². The number of anilines is 1. The van der Waals surface area contributed by atoms with E-state index in [1.54, 1.807) is 48.5 Å². The molecule has 1 saturated heterocycles. The normalized spacial score (nSPS) is 18.2. The van der Waals surface area contributed by atoms with Crippen LogP contribution in [0.5, 0.6) is 0 Å². The van der Waals surface area contributed by atoms with Crippen molar-refractivity contribution in [1.82, 2.24) is 4.31 Å². The van der Waals surface area contributed by atoms with E-state index in [0.29, 0.717) is 30.1 Å². The molecule has 1 heterocycles. The van der Waals surface area contributed by atoms with Gasteiger partial charge >= 0.3 is 0 Å². The Hall–Kier alpha value is -1.89. The van der Waals surface area contributed by atoms with Crippen molar-refractivity contribution >= 4 is 33.2 Å². The fourth-order valence-electron chi connectivity index (χ4n) is 2.91. The van der Waals surface area contributed by atoms with Gasteiger partial charge in [-0.3, -0.25) is 4.79 Å². The summed E-state index contributed by atoms with van der Waals surface area (Å²) in [6.45, 7) is 2.23. The molecule has 0 aliphatic carbocycles. The molecule has 132 valence electrons. The third-order valence-corrected chi connectivity index (χ3v) is 6.52. The average Bonchev–Trinajstić information content (AvgIpc) is 3.08. The SMILES string of the molecule is Cc1ccc(S(=O)(=O)N2CCC[C@@H]2C(=O)Nc2ccccc2Cl)cc1. The summed E-state index contributed by atoms with van der Waals surface area (Å²) in [6, 6.07) is 12.8. The zero-order chi connectivity index (χ0) is 18.0. The van der Waals surface area contributed by atoms with E-state index < -0.39 is 16.1 Å². The monoisotopic (exact) mass is 378 g/mol. The van der Waals surface area contributed by atoms with Gasteiger partial charge in [-0.25, -0.2) is 8.42 Å². The smallest absolute Gasteiger partial charge is 0.243 e. The predicted molar refractivity (Wildman–Crippen MR) is 98.2 cm³/mol. The van der Waals surface area contributed by atoms with E-state index in [-0.39, 0.29) is 10.8 Å². The van der Waals surface area contributed by atoms with Crippen LogP contribution < -0.4 is 5.32 Å². The topological polar surface area (TPSA) is 66.5 Å². The molecular weight excluding hydrogens is 360 g/mol. The molecule has 2 aromatic carbocycles. The Labute approximate surface area is 152 Å². The number of rotatable bonds is 4. The number of nitrogens with one attached hydrogen (secondary N) is 1. The Morgan fingerprint density at radius 1 is 1.16 bits per heavy atom. The number of carbonyl (C=O) groups is 1. The van der Waals surface area contributed by atoms with Gasteiger partial charge in [0, 0.05) is 6.54 Å². The van der Waals surface area contributed by atoms with E-state index in [0.717, 1.165) is 5.56 Å². The minimum atomic E-state index is -3.71. The molecule has 3 rings (SSSR count). The van der Waals surface area contributed by atoms with Crippen LogP contribution in [0.2, 0.25) is 5.02 Å². The maximum Gasteiger partial charge on any atom is 0.243 e. The van der Waals surface area contributed by atoms with Gasteiger partial charge < -0.3 is 5.32 Å². The van der Waals surface area contributed by atoms with Gasteiger partial charge in [0.1, 0.15) is 6.04 Å². The molecule has 1 N–H and O–H groups in total. The number of halogens is 1. The lowest BCUT2D eigenvalue weighted by Gasteiger charge is -2.23. The number of carbonyl (C=O) groups excluding carboxylic acids is 1. The number of aryl methyl sites for hydroxylation is 1. The summed E-state index contributed by atoms with van der Waals surface area (Å²) in [5.74, 6) is -0.360. The molecular formula is C18H19ClN2O3S. The van der Waals surface area contributed by atoms with Gasteiger partial charge in [0.2, 0.25) is 15.9 Å². The third kappa shape index (κ3) is 3.71. The van der Waals surface area contributed by atoms with Crippen molar-refractivity contribution in [2.24, 2.45) is 0 Å². The van der Waals surface area contributed by atoms with Crippen molar-refractivity contribution in [3.05, 3.63) is 59.1 Å². The molecule has 25 heavy (non-hydrogen) atoms. The number of hydrogen-bond acceptors (Lipinski definition) is 3. The van der Waals surface area contributed by atoms with Crippen LogP contribution >= 0.6 is 11.6 Å². The molecule has 1 amide bonds. The minimum absolute atomic E-state index is 0.204. The fraction of sp³-hybridized carbons (Fsp3) is 0.278. The van der Waals surface area contributed by atoms with Crippen molar-refractivity contribution in [3.8, 4) is 0 Å². The van der Waals surface area contributed by atoms with E-state index >= 15 is 0 Å². The number of para-hydroxylation sites is 1. The molecule has 1 atom stereocenters. The number of amides is 1. The first-order valence-electron chi connectivity index (χ1n) is 8.03. The summed E-state index contributed by atoms with van der Waals surface area (Å²) >= 11 is 6.07. The van der Waals surface area contributed by atoms with Crippen LogP contribution in [0.4, 0.5) is 5.69 Å². The van der Waals surface area contributed by atoms with E-state index in [1.165, 1.54) is 4.31 Å². The molecule has 1 aliphatic rings. The Morgan fingerprint density at radius 2 is 1.84 bits per heavy atom. The summed E-state index contributed by atoms with van der Waals surface area (Å²) in [4.78, 5) is 12.8. The number of benzene rings is 2. The second kappa shape index (κ2) is 7.15. The van der Waals surface area contributed by atoms with Gasteiger partial charge in [0.05, 0.1) is 15.6 Å². The van der Waals surface area contributed by atoms with E-state index in [1.807, 2.05) is 6.92 Å². The van der Waals surface area contributed by atoms with Gasteiger partial charge in [-0.15, -0.1) is 0 Å². The summed E-state index contributed by atoms with van der Waals surface area (Å²) in [5.41, 5.74) is 1.46. The molecule has 0 saturated carbocycles. The zero-order valence-electron chi connectivity index (χ0n) is 13.8. The van der Waals surface area contributed by atoms with Gasteiger partial charge in [-0.05, 0) is 44.0 Å². The van der Waals surface area contributed by atoms with Crippen molar-refractivity contribution in [3.63, 3.8) is 0 Å². The van der Waals surface area contributed by atoms with Crippen LogP contribution in [-0.2, 0) is 14.8 Å². The zero-order valence-corrected chi connectivity index (χ0v) is 15.3. The summed E-state index contributed by atoms with van der Waals surface area (Å²) in [5, 5.41) is 3.16. The van der Waals surface area contributed by atoms with Crippen molar-refractivity contribution in [1.29, 1.82) is 0 Å². The van der Waals surface area contributed by atoms with Crippen LogP contribution in [0.3, 0.4) is 0 Å². The number of sulfonamides is 1. The number of hydrogen-bond donors (Lipinski definition) is 1. The molecule has 7 heteroatoms. The Kier molecular flexibility index (Phi) is 5.13. The Bertz CT molecular complexity index is 881. The molecule has 2 aromatic rings. The molecule has 5 nitrogen and oxygen atoms in total. The maximum atomic E-state index is 12.9. The molecule has 1 fully saturated rings. The van der Waals surface area contributed by atoms with Crippen LogP contribution in [0.15, 0.2) is 53.4 Å². The van der Waals surface area contributed by atoms with Gasteiger partial charge in [-0.2, -0.15) is 4.31 Å². The Balaban J connectivity index is 1.83.